The van der Waals surface area contributed by atoms with E-state index in [1.807, 2.05) is 17.1 Å². The molecule has 2 aliphatic rings. The van der Waals surface area contributed by atoms with E-state index in [1.165, 1.54) is 23.5 Å². The van der Waals surface area contributed by atoms with Crippen LogP contribution in [0.25, 0.3) is 16.3 Å². The lowest BCUT2D eigenvalue weighted by Crippen LogP contribution is -2.46. The van der Waals surface area contributed by atoms with Crippen molar-refractivity contribution >= 4 is 40.4 Å². The number of piperidine rings is 1. The Morgan fingerprint density at radius 3 is 2.39 bits per heavy atom. The molecule has 0 radical (unpaired) electrons. The number of halogens is 5. The van der Waals surface area contributed by atoms with E-state index in [4.69, 9.17) is 28.3 Å². The van der Waals surface area contributed by atoms with Crippen molar-refractivity contribution in [2.45, 2.75) is 32.0 Å². The molecule has 13 heteroatoms. The van der Waals surface area contributed by atoms with Crippen LogP contribution in [0, 0.1) is 11.8 Å². The molecule has 0 bridgehead atoms. The van der Waals surface area contributed by atoms with Crippen molar-refractivity contribution < 1.29 is 18.0 Å². The summed E-state index contributed by atoms with van der Waals surface area (Å²) in [6, 6.07) is 13.7. The summed E-state index contributed by atoms with van der Waals surface area (Å²) in [6.45, 7) is 5.36. The monoisotopic (exact) mass is 686 g/mol. The standard InChI is InChI=1S/C33H31Cl2F3N6OS/c34-24-9-12-28(27(35)20-24)44-31(29-13-11-25(46-29)10-6-22-4-7-23(8-5-22)33(36,37)38)26(21-42-18-14-39-15-19-42)30(40-44)32(45)41-43-16-2-1-3-17-43/h4-5,7-9,11-13,20,39H,1-3,14-19,21H2,(H,41,45). The quantitative estimate of drug-likeness (QED) is 0.217. The summed E-state index contributed by atoms with van der Waals surface area (Å²) in [5.41, 5.74) is 5.21. The second kappa shape index (κ2) is 14.2. The normalized spacial score (nSPS) is 16.2. The molecule has 7 nitrogen and oxygen atoms in total. The number of hydrogen-bond acceptors (Lipinski definition) is 6. The van der Waals surface area contributed by atoms with E-state index in [2.05, 4.69) is 27.5 Å². The Bertz CT molecular complexity index is 1760. The Morgan fingerprint density at radius 1 is 0.957 bits per heavy atom. The van der Waals surface area contributed by atoms with Crippen LogP contribution in [0.5, 0.6) is 0 Å². The van der Waals surface area contributed by atoms with E-state index in [9.17, 15) is 18.0 Å². The van der Waals surface area contributed by atoms with Gasteiger partial charge >= 0.3 is 6.18 Å². The van der Waals surface area contributed by atoms with Gasteiger partial charge in [0.2, 0.25) is 0 Å². The van der Waals surface area contributed by atoms with Crippen molar-refractivity contribution in [1.82, 2.24) is 30.4 Å². The third-order valence-corrected chi connectivity index (χ3v) is 9.47. The van der Waals surface area contributed by atoms with Gasteiger partial charge < -0.3 is 5.32 Å². The first-order chi connectivity index (χ1) is 22.2. The number of hydrogen-bond donors (Lipinski definition) is 2. The van der Waals surface area contributed by atoms with Crippen LogP contribution in [-0.2, 0) is 12.7 Å². The van der Waals surface area contributed by atoms with Gasteiger partial charge in [-0.2, -0.15) is 18.3 Å². The summed E-state index contributed by atoms with van der Waals surface area (Å²) in [5, 5.41) is 11.1. The first-order valence-corrected chi connectivity index (χ1v) is 16.6. The minimum absolute atomic E-state index is 0.281. The lowest BCUT2D eigenvalue weighted by Gasteiger charge is -2.28. The summed E-state index contributed by atoms with van der Waals surface area (Å²) in [7, 11) is 0. The van der Waals surface area contributed by atoms with Crippen LogP contribution in [0.2, 0.25) is 10.0 Å². The van der Waals surface area contributed by atoms with Crippen LogP contribution in [0.3, 0.4) is 0 Å². The first kappa shape index (κ1) is 32.6. The number of carbonyl (C=O) groups is 1. The van der Waals surface area contributed by atoms with E-state index < -0.39 is 11.7 Å². The van der Waals surface area contributed by atoms with Crippen LogP contribution >= 0.6 is 34.5 Å². The number of nitrogens with zero attached hydrogens (tertiary/aromatic N) is 4. The van der Waals surface area contributed by atoms with Crippen LogP contribution in [0.1, 0.15) is 51.3 Å². The van der Waals surface area contributed by atoms with Gasteiger partial charge in [0.15, 0.2) is 5.69 Å². The van der Waals surface area contributed by atoms with Crippen molar-refractivity contribution in [2.75, 3.05) is 39.3 Å². The molecule has 2 N–H and O–H groups in total. The molecule has 0 unspecified atom stereocenters. The number of aromatic nitrogens is 2. The molecule has 240 valence electrons. The number of thiophene rings is 1. The zero-order valence-electron chi connectivity index (χ0n) is 24.8. The maximum absolute atomic E-state index is 13.9. The average Bonchev–Trinajstić information content (AvgIpc) is 3.65. The molecule has 0 saturated carbocycles. The lowest BCUT2D eigenvalue weighted by atomic mass is 10.1. The van der Waals surface area contributed by atoms with Crippen molar-refractivity contribution in [3.63, 3.8) is 0 Å². The molecule has 46 heavy (non-hydrogen) atoms. The van der Waals surface area contributed by atoms with Crippen molar-refractivity contribution in [1.29, 1.82) is 0 Å². The maximum Gasteiger partial charge on any atom is 0.416 e. The molecule has 2 aromatic heterocycles. The molecule has 2 saturated heterocycles. The van der Waals surface area contributed by atoms with Gasteiger partial charge in [0, 0.05) is 62.0 Å². The van der Waals surface area contributed by atoms with Crippen LogP contribution in [-0.4, -0.2) is 64.9 Å². The van der Waals surface area contributed by atoms with Crippen LogP contribution in [0.15, 0.2) is 54.6 Å². The Morgan fingerprint density at radius 2 is 1.70 bits per heavy atom. The number of hydrazine groups is 1. The highest BCUT2D eigenvalue weighted by Crippen LogP contribution is 2.37. The molecule has 2 aromatic carbocycles. The summed E-state index contributed by atoms with van der Waals surface area (Å²) < 4.78 is 40.7. The smallest absolute Gasteiger partial charge is 0.314 e. The van der Waals surface area contributed by atoms with Gasteiger partial charge in [0.05, 0.1) is 31.7 Å². The highest BCUT2D eigenvalue weighted by Gasteiger charge is 2.31. The number of carbonyl (C=O) groups excluding carboxylic acids is 1. The highest BCUT2D eigenvalue weighted by molar-refractivity contribution is 7.16. The first-order valence-electron chi connectivity index (χ1n) is 15.0. The van der Waals surface area contributed by atoms with Gasteiger partial charge in [0.25, 0.3) is 5.91 Å². The van der Waals surface area contributed by atoms with E-state index >= 15 is 0 Å². The van der Waals surface area contributed by atoms with Gasteiger partial charge in [-0.1, -0.05) is 41.5 Å². The molecule has 0 spiro atoms. The fourth-order valence-electron chi connectivity index (χ4n) is 5.57. The summed E-state index contributed by atoms with van der Waals surface area (Å²) in [4.78, 5) is 17.7. The van der Waals surface area contributed by atoms with E-state index in [0.29, 0.717) is 38.4 Å². The van der Waals surface area contributed by atoms with Crippen molar-refractivity contribution in [3.05, 3.63) is 91.9 Å². The molecule has 1 amide bonds. The number of rotatable bonds is 6. The number of alkyl halides is 3. The van der Waals surface area contributed by atoms with Gasteiger partial charge in [-0.05, 0) is 67.4 Å². The highest BCUT2D eigenvalue weighted by atomic mass is 35.5. The number of amides is 1. The second-order valence-electron chi connectivity index (χ2n) is 11.2. The van der Waals surface area contributed by atoms with Gasteiger partial charge in [0.1, 0.15) is 0 Å². The average molecular weight is 688 g/mol. The SMILES string of the molecule is O=C(NN1CCCCC1)c1nn(-c2ccc(Cl)cc2Cl)c(-c2ccc(C#Cc3ccc(C(F)(F)F)cc3)s2)c1CN1CCNCC1. The molecule has 0 aliphatic carbocycles. The minimum atomic E-state index is -4.41. The Balaban J connectivity index is 1.42. The lowest BCUT2D eigenvalue weighted by molar-refractivity contribution is -0.137. The number of piperazine rings is 1. The van der Waals surface area contributed by atoms with E-state index in [-0.39, 0.29) is 5.91 Å². The predicted molar refractivity (Wildman–Crippen MR) is 175 cm³/mol. The van der Waals surface area contributed by atoms with Gasteiger partial charge in [-0.3, -0.25) is 15.1 Å². The molecule has 4 heterocycles. The third-order valence-electron chi connectivity index (χ3n) is 7.93. The molecule has 2 fully saturated rings. The van der Waals surface area contributed by atoms with E-state index in [1.54, 1.807) is 22.9 Å². The van der Waals surface area contributed by atoms with Gasteiger partial charge in [-0.25, -0.2) is 9.69 Å². The molecule has 0 atom stereocenters. The van der Waals surface area contributed by atoms with Crippen molar-refractivity contribution in [2.24, 2.45) is 0 Å². The Labute approximate surface area is 279 Å². The Hall–Kier alpha value is -3.37. The minimum Gasteiger partial charge on any atom is -0.314 e. The second-order valence-corrected chi connectivity index (χ2v) is 13.1. The van der Waals surface area contributed by atoms with Crippen molar-refractivity contribution in [3.8, 4) is 28.1 Å². The third kappa shape index (κ3) is 7.60. The Kier molecular flexibility index (Phi) is 10.0. The van der Waals surface area contributed by atoms with Crippen LogP contribution in [0.4, 0.5) is 13.2 Å². The zero-order valence-corrected chi connectivity index (χ0v) is 27.1. The largest absolute Gasteiger partial charge is 0.416 e. The van der Waals surface area contributed by atoms with Gasteiger partial charge in [-0.15, -0.1) is 11.3 Å². The number of nitrogens with one attached hydrogen (secondary N) is 2. The van der Waals surface area contributed by atoms with Crippen LogP contribution < -0.4 is 10.7 Å². The summed E-state index contributed by atoms with van der Waals surface area (Å²) in [5.74, 6) is 5.77. The predicted octanol–water partition coefficient (Wildman–Crippen LogP) is 6.86. The summed E-state index contributed by atoms with van der Waals surface area (Å²) in [6.07, 6.45) is -1.24. The van der Waals surface area contributed by atoms with E-state index in [0.717, 1.165) is 86.8 Å². The summed E-state index contributed by atoms with van der Waals surface area (Å²) >= 11 is 14.4. The maximum atomic E-state index is 13.9. The molecule has 6 rings (SSSR count). The fourth-order valence-corrected chi connectivity index (χ4v) is 6.97. The number of benzene rings is 2. The fraction of sp³-hybridized carbons (Fsp3) is 0.333. The molecule has 4 aromatic rings. The zero-order chi connectivity index (χ0) is 32.3. The molecule has 2 aliphatic heterocycles. The topological polar surface area (TPSA) is 65.4 Å². The molecular weight excluding hydrogens is 656 g/mol. The molecular formula is C33H31Cl2F3N6OS.